The Balaban J connectivity index is 0.00000132. The summed E-state index contributed by atoms with van der Waals surface area (Å²) < 4.78 is 0. The van der Waals surface area contributed by atoms with E-state index < -0.39 is 0 Å². The van der Waals surface area contributed by atoms with Gasteiger partial charge in [-0.2, -0.15) is 0 Å². The van der Waals surface area contributed by atoms with Gasteiger partial charge in [0.05, 0.1) is 11.9 Å². The average Bonchev–Trinajstić information content (AvgIpc) is 3.04. The number of rotatable bonds is 4. The first-order chi connectivity index (χ1) is 10.3. The summed E-state index contributed by atoms with van der Waals surface area (Å²) in [4.78, 5) is 21.3. The third kappa shape index (κ3) is 5.42. The van der Waals surface area contributed by atoms with Crippen LogP contribution in [0.25, 0.3) is 10.7 Å². The number of aromatic nitrogens is 2. The third-order valence-electron chi connectivity index (χ3n) is 3.56. The molecule has 1 unspecified atom stereocenters. The lowest BCUT2D eigenvalue weighted by Crippen LogP contribution is -2.37. The van der Waals surface area contributed by atoms with Gasteiger partial charge in [0.15, 0.2) is 0 Å². The Morgan fingerprint density at radius 1 is 1.35 bits per heavy atom. The van der Waals surface area contributed by atoms with Gasteiger partial charge in [-0.15, -0.1) is 36.2 Å². The van der Waals surface area contributed by atoms with Crippen LogP contribution in [-0.4, -0.2) is 35.5 Å². The highest BCUT2D eigenvalue weighted by molar-refractivity contribution is 7.16. The monoisotopic (exact) mass is 374 g/mol. The topological polar surface area (TPSA) is 66.9 Å². The van der Waals surface area contributed by atoms with E-state index in [-0.39, 0.29) is 30.7 Å². The average molecular weight is 375 g/mol. The zero-order valence-corrected chi connectivity index (χ0v) is 15.0. The molecule has 1 aliphatic heterocycles. The summed E-state index contributed by atoms with van der Waals surface area (Å²) in [7, 11) is 0. The first-order valence-corrected chi connectivity index (χ1v) is 8.01. The molecule has 2 aromatic rings. The molecule has 0 aliphatic carbocycles. The lowest BCUT2D eigenvalue weighted by Gasteiger charge is -2.22. The summed E-state index contributed by atoms with van der Waals surface area (Å²) in [6.45, 7) is 2.80. The molecule has 0 aromatic carbocycles. The van der Waals surface area contributed by atoms with Crippen molar-refractivity contribution < 1.29 is 4.79 Å². The summed E-state index contributed by atoms with van der Waals surface area (Å²) >= 11 is 1.38. The molecule has 23 heavy (non-hydrogen) atoms. The number of halogens is 2. The maximum absolute atomic E-state index is 12.2. The van der Waals surface area contributed by atoms with E-state index in [1.54, 1.807) is 12.4 Å². The van der Waals surface area contributed by atoms with Crippen molar-refractivity contribution in [3.05, 3.63) is 35.5 Å². The molecule has 3 rings (SSSR count). The summed E-state index contributed by atoms with van der Waals surface area (Å²) in [5.74, 6) is 0.492. The van der Waals surface area contributed by atoms with E-state index >= 15 is 0 Å². The van der Waals surface area contributed by atoms with Crippen molar-refractivity contribution in [1.82, 2.24) is 20.6 Å². The highest BCUT2D eigenvalue weighted by atomic mass is 35.5. The fourth-order valence-electron chi connectivity index (χ4n) is 2.41. The normalized spacial score (nSPS) is 16.8. The first-order valence-electron chi connectivity index (χ1n) is 7.19. The maximum atomic E-state index is 12.2. The van der Waals surface area contributed by atoms with Gasteiger partial charge < -0.3 is 10.6 Å². The Bertz CT molecular complexity index is 603. The SMILES string of the molecule is Cl.Cl.O=C(NCC1CCCNC1)c1cnc(-c2ccccn2)s1. The van der Waals surface area contributed by atoms with Gasteiger partial charge in [-0.25, -0.2) is 4.98 Å². The molecular formula is C15H20Cl2N4OS. The van der Waals surface area contributed by atoms with Gasteiger partial charge in [-0.1, -0.05) is 6.07 Å². The molecule has 126 valence electrons. The van der Waals surface area contributed by atoms with E-state index in [4.69, 9.17) is 0 Å². The van der Waals surface area contributed by atoms with E-state index in [1.165, 1.54) is 24.2 Å². The quantitative estimate of drug-likeness (QED) is 0.863. The maximum Gasteiger partial charge on any atom is 0.263 e. The number of nitrogens with one attached hydrogen (secondary N) is 2. The molecule has 1 atom stereocenters. The van der Waals surface area contributed by atoms with Crippen LogP contribution >= 0.6 is 36.2 Å². The highest BCUT2D eigenvalue weighted by Gasteiger charge is 2.16. The number of thiazole rings is 1. The van der Waals surface area contributed by atoms with Crippen molar-refractivity contribution in [1.29, 1.82) is 0 Å². The minimum atomic E-state index is -0.0414. The number of nitrogens with zero attached hydrogens (tertiary/aromatic N) is 2. The van der Waals surface area contributed by atoms with Crippen molar-refractivity contribution in [2.24, 2.45) is 5.92 Å². The number of amides is 1. The second-order valence-electron chi connectivity index (χ2n) is 5.17. The Morgan fingerprint density at radius 3 is 2.91 bits per heavy atom. The van der Waals surface area contributed by atoms with Crippen LogP contribution in [0.3, 0.4) is 0 Å². The fraction of sp³-hybridized carbons (Fsp3) is 0.400. The summed E-state index contributed by atoms with van der Waals surface area (Å²) in [6.07, 6.45) is 5.72. The summed E-state index contributed by atoms with van der Waals surface area (Å²) in [5, 5.41) is 7.14. The van der Waals surface area contributed by atoms with Crippen molar-refractivity contribution in [3.63, 3.8) is 0 Å². The number of hydrogen-bond donors (Lipinski definition) is 2. The second-order valence-corrected chi connectivity index (χ2v) is 6.20. The van der Waals surface area contributed by atoms with Crippen LogP contribution in [0, 0.1) is 5.92 Å². The zero-order valence-electron chi connectivity index (χ0n) is 12.5. The number of pyridine rings is 1. The van der Waals surface area contributed by atoms with Crippen molar-refractivity contribution in [3.8, 4) is 10.7 Å². The van der Waals surface area contributed by atoms with Gasteiger partial charge in [-0.05, 0) is 44.0 Å². The van der Waals surface area contributed by atoms with E-state index in [2.05, 4.69) is 20.6 Å². The van der Waals surface area contributed by atoms with Gasteiger partial charge in [-0.3, -0.25) is 9.78 Å². The van der Waals surface area contributed by atoms with Crippen LogP contribution in [0.4, 0.5) is 0 Å². The number of carbonyl (C=O) groups excluding carboxylic acids is 1. The second kappa shape index (κ2) is 9.82. The lowest BCUT2D eigenvalue weighted by atomic mass is 10.00. The van der Waals surface area contributed by atoms with Crippen LogP contribution in [0.1, 0.15) is 22.5 Å². The van der Waals surface area contributed by atoms with Gasteiger partial charge in [0.1, 0.15) is 9.88 Å². The first kappa shape index (κ1) is 19.8. The zero-order chi connectivity index (χ0) is 14.5. The molecule has 1 amide bonds. The van der Waals surface area contributed by atoms with Gasteiger partial charge >= 0.3 is 0 Å². The van der Waals surface area contributed by atoms with Crippen LogP contribution in [0.5, 0.6) is 0 Å². The fourth-order valence-corrected chi connectivity index (χ4v) is 3.22. The Morgan fingerprint density at radius 2 is 2.22 bits per heavy atom. The van der Waals surface area contributed by atoms with Gasteiger partial charge in [0.25, 0.3) is 5.91 Å². The number of hydrogen-bond acceptors (Lipinski definition) is 5. The van der Waals surface area contributed by atoms with E-state index in [9.17, 15) is 4.79 Å². The molecule has 2 N–H and O–H groups in total. The molecule has 0 saturated carbocycles. The lowest BCUT2D eigenvalue weighted by molar-refractivity contribution is 0.0948. The molecule has 0 radical (unpaired) electrons. The van der Waals surface area contributed by atoms with Crippen LogP contribution < -0.4 is 10.6 Å². The Hall–Kier alpha value is -1.21. The molecule has 1 saturated heterocycles. The molecule has 5 nitrogen and oxygen atoms in total. The van der Waals surface area contributed by atoms with Crippen molar-refractivity contribution in [2.75, 3.05) is 19.6 Å². The number of piperidine rings is 1. The van der Waals surface area contributed by atoms with E-state index in [0.29, 0.717) is 10.8 Å². The standard InChI is InChI=1S/C15H18N4OS.2ClH/c20-14(18-9-11-4-3-6-16-8-11)13-10-19-15(21-13)12-5-1-2-7-17-12;;/h1-2,5,7,10-11,16H,3-4,6,8-9H2,(H,18,20);2*1H. The molecule has 2 aromatic heterocycles. The molecule has 1 aliphatic rings. The van der Waals surface area contributed by atoms with Gasteiger partial charge in [0.2, 0.25) is 0 Å². The molecule has 0 bridgehead atoms. The van der Waals surface area contributed by atoms with Crippen molar-refractivity contribution >= 4 is 42.1 Å². The minimum Gasteiger partial charge on any atom is -0.351 e. The number of carbonyl (C=O) groups is 1. The Labute approximate surface area is 152 Å². The molecule has 3 heterocycles. The summed E-state index contributed by atoms with van der Waals surface area (Å²) in [6, 6.07) is 5.68. The third-order valence-corrected chi connectivity index (χ3v) is 4.58. The van der Waals surface area contributed by atoms with Crippen LogP contribution in [0.2, 0.25) is 0 Å². The molecule has 8 heteroatoms. The van der Waals surface area contributed by atoms with Crippen molar-refractivity contribution in [2.45, 2.75) is 12.8 Å². The highest BCUT2D eigenvalue weighted by Crippen LogP contribution is 2.23. The largest absolute Gasteiger partial charge is 0.351 e. The smallest absolute Gasteiger partial charge is 0.263 e. The predicted octanol–water partition coefficient (Wildman–Crippen LogP) is 2.78. The van der Waals surface area contributed by atoms with Gasteiger partial charge in [0, 0.05) is 12.7 Å². The predicted molar refractivity (Wildman–Crippen MR) is 97.8 cm³/mol. The molecule has 0 spiro atoms. The molecule has 1 fully saturated rings. The van der Waals surface area contributed by atoms with Crippen LogP contribution in [0.15, 0.2) is 30.6 Å². The molecular weight excluding hydrogens is 355 g/mol. The van der Waals surface area contributed by atoms with E-state index in [1.807, 2.05) is 18.2 Å². The van der Waals surface area contributed by atoms with E-state index in [0.717, 1.165) is 30.3 Å². The summed E-state index contributed by atoms with van der Waals surface area (Å²) in [5.41, 5.74) is 0.804. The minimum absolute atomic E-state index is 0. The Kier molecular flexibility index (Phi) is 8.47. The van der Waals surface area contributed by atoms with Crippen LogP contribution in [-0.2, 0) is 0 Å².